The molecule has 0 unspecified atom stereocenters. The average molecular weight is 201 g/mol. The quantitative estimate of drug-likeness (QED) is 0.667. The van der Waals surface area contributed by atoms with Gasteiger partial charge in [-0.25, -0.2) is 0 Å². The van der Waals surface area contributed by atoms with Crippen LogP contribution in [0.15, 0.2) is 0 Å². The molecule has 0 amide bonds. The molecule has 0 saturated heterocycles. The first-order valence-corrected chi connectivity index (χ1v) is 5.51. The maximum Gasteiger partial charge on any atom is 0.0226 e. The van der Waals surface area contributed by atoms with E-state index >= 15 is 0 Å². The minimum atomic E-state index is -0.0753. The Morgan fingerprint density at radius 1 is 1.14 bits per heavy atom. The summed E-state index contributed by atoms with van der Waals surface area (Å²) in [6, 6.07) is 0. The molecule has 86 valence electrons. The van der Waals surface area contributed by atoms with Crippen LogP contribution in [0, 0.1) is 0 Å². The van der Waals surface area contributed by atoms with Crippen molar-refractivity contribution in [3.63, 3.8) is 0 Å². The number of nitrogens with zero attached hydrogens (tertiary/aromatic N) is 2. The van der Waals surface area contributed by atoms with Crippen LogP contribution in [0.4, 0.5) is 0 Å². The summed E-state index contributed by atoms with van der Waals surface area (Å²) in [6.07, 6.45) is 1.22. The third-order valence-electron chi connectivity index (χ3n) is 2.16. The molecule has 0 aliphatic carbocycles. The van der Waals surface area contributed by atoms with Crippen LogP contribution >= 0.6 is 0 Å². The summed E-state index contributed by atoms with van der Waals surface area (Å²) in [4.78, 5) is 4.64. The van der Waals surface area contributed by atoms with Crippen LogP contribution in [0.1, 0.15) is 27.2 Å². The molecule has 0 saturated carbocycles. The van der Waals surface area contributed by atoms with E-state index in [0.717, 1.165) is 26.2 Å². The predicted molar refractivity (Wildman–Crippen MR) is 63.6 cm³/mol. The van der Waals surface area contributed by atoms with Gasteiger partial charge in [-0.2, -0.15) is 0 Å². The van der Waals surface area contributed by atoms with Crippen LogP contribution in [0.5, 0.6) is 0 Å². The highest BCUT2D eigenvalue weighted by atomic mass is 15.1. The van der Waals surface area contributed by atoms with Crippen LogP contribution in [0.2, 0.25) is 0 Å². The van der Waals surface area contributed by atoms with Gasteiger partial charge in [0.1, 0.15) is 0 Å². The lowest BCUT2D eigenvalue weighted by Gasteiger charge is -2.29. The van der Waals surface area contributed by atoms with Gasteiger partial charge in [0.15, 0.2) is 0 Å². The number of hydrogen-bond donors (Lipinski definition) is 1. The van der Waals surface area contributed by atoms with Crippen LogP contribution in [-0.2, 0) is 0 Å². The van der Waals surface area contributed by atoms with Gasteiger partial charge in [0.05, 0.1) is 0 Å². The van der Waals surface area contributed by atoms with Crippen LogP contribution in [-0.4, -0.2) is 55.6 Å². The van der Waals surface area contributed by atoms with Gasteiger partial charge in [0.25, 0.3) is 0 Å². The minimum absolute atomic E-state index is 0.0753. The lowest BCUT2D eigenvalue weighted by atomic mass is 10.1. The molecular weight excluding hydrogens is 174 g/mol. The normalized spacial score (nSPS) is 12.9. The molecule has 14 heavy (non-hydrogen) atoms. The van der Waals surface area contributed by atoms with E-state index in [0.29, 0.717) is 0 Å². The van der Waals surface area contributed by atoms with Gasteiger partial charge in [0.2, 0.25) is 0 Å². The highest BCUT2D eigenvalue weighted by Gasteiger charge is 2.14. The zero-order valence-corrected chi connectivity index (χ0v) is 10.5. The number of rotatable bonds is 7. The molecule has 0 aliphatic heterocycles. The fourth-order valence-corrected chi connectivity index (χ4v) is 1.54. The van der Waals surface area contributed by atoms with E-state index in [1.807, 2.05) is 0 Å². The summed E-state index contributed by atoms with van der Waals surface area (Å²) >= 11 is 0. The Morgan fingerprint density at radius 2 is 1.71 bits per heavy atom. The van der Waals surface area contributed by atoms with Crippen molar-refractivity contribution >= 4 is 0 Å². The topological polar surface area (TPSA) is 32.5 Å². The van der Waals surface area contributed by atoms with Gasteiger partial charge in [-0.15, -0.1) is 0 Å². The van der Waals surface area contributed by atoms with Crippen molar-refractivity contribution in [2.24, 2.45) is 5.73 Å². The molecule has 3 heteroatoms. The summed E-state index contributed by atoms with van der Waals surface area (Å²) in [7, 11) is 4.23. The van der Waals surface area contributed by atoms with Crippen LogP contribution in [0.25, 0.3) is 0 Å². The highest BCUT2D eigenvalue weighted by Crippen LogP contribution is 2.02. The Labute approximate surface area is 89.2 Å². The van der Waals surface area contributed by atoms with Crippen LogP contribution in [0.3, 0.4) is 0 Å². The first kappa shape index (κ1) is 13.9. The number of hydrogen-bond acceptors (Lipinski definition) is 3. The van der Waals surface area contributed by atoms with Crippen molar-refractivity contribution in [1.82, 2.24) is 9.80 Å². The van der Waals surface area contributed by atoms with E-state index in [-0.39, 0.29) is 5.54 Å². The standard InChI is InChI=1S/C11H27N3/c1-6-14(10-11(2,3)12)9-7-8-13(4)5/h6-10,12H2,1-5H3. The Hall–Kier alpha value is -0.120. The van der Waals surface area contributed by atoms with E-state index in [9.17, 15) is 0 Å². The number of nitrogens with two attached hydrogens (primary N) is 1. The van der Waals surface area contributed by atoms with Crippen molar-refractivity contribution in [3.05, 3.63) is 0 Å². The molecule has 0 aromatic rings. The molecule has 0 atom stereocenters. The maximum absolute atomic E-state index is 5.99. The number of likely N-dealkylation sites (N-methyl/N-ethyl adjacent to an activating group) is 1. The van der Waals surface area contributed by atoms with Gasteiger partial charge in [0, 0.05) is 12.1 Å². The molecule has 3 nitrogen and oxygen atoms in total. The fourth-order valence-electron chi connectivity index (χ4n) is 1.54. The summed E-state index contributed by atoms with van der Waals surface area (Å²) in [5, 5.41) is 0. The Balaban J connectivity index is 3.69. The van der Waals surface area contributed by atoms with E-state index in [4.69, 9.17) is 5.73 Å². The van der Waals surface area contributed by atoms with Crippen molar-refractivity contribution in [2.75, 3.05) is 40.3 Å². The monoisotopic (exact) mass is 201 g/mol. The second-order valence-electron chi connectivity index (χ2n) is 5.01. The molecule has 2 N–H and O–H groups in total. The lowest BCUT2D eigenvalue weighted by Crippen LogP contribution is -2.45. The van der Waals surface area contributed by atoms with Crippen molar-refractivity contribution in [3.8, 4) is 0 Å². The fraction of sp³-hybridized carbons (Fsp3) is 1.00. The van der Waals surface area contributed by atoms with Gasteiger partial charge in [-0.1, -0.05) is 6.92 Å². The van der Waals surface area contributed by atoms with Crippen LogP contribution < -0.4 is 5.73 Å². The van der Waals surface area contributed by atoms with Crippen molar-refractivity contribution in [2.45, 2.75) is 32.7 Å². The molecule has 0 rings (SSSR count). The van der Waals surface area contributed by atoms with Gasteiger partial charge in [-0.05, 0) is 54.0 Å². The Kier molecular flexibility index (Phi) is 6.33. The van der Waals surface area contributed by atoms with E-state index in [2.05, 4.69) is 44.7 Å². The molecule has 0 fully saturated rings. The van der Waals surface area contributed by atoms with Gasteiger partial charge >= 0.3 is 0 Å². The molecule has 0 bridgehead atoms. The molecule has 0 aliphatic rings. The molecule has 0 aromatic carbocycles. The zero-order valence-electron chi connectivity index (χ0n) is 10.5. The van der Waals surface area contributed by atoms with E-state index in [1.54, 1.807) is 0 Å². The van der Waals surface area contributed by atoms with E-state index < -0.39 is 0 Å². The maximum atomic E-state index is 5.99. The van der Waals surface area contributed by atoms with E-state index in [1.165, 1.54) is 6.42 Å². The highest BCUT2D eigenvalue weighted by molar-refractivity contribution is 4.76. The largest absolute Gasteiger partial charge is 0.324 e. The van der Waals surface area contributed by atoms with Gasteiger partial charge < -0.3 is 15.5 Å². The van der Waals surface area contributed by atoms with Crippen molar-refractivity contribution < 1.29 is 0 Å². The Bertz CT molecular complexity index is 138. The predicted octanol–water partition coefficient (Wildman–Crippen LogP) is 0.997. The third-order valence-corrected chi connectivity index (χ3v) is 2.16. The SMILES string of the molecule is CCN(CCCN(C)C)CC(C)(C)N. The summed E-state index contributed by atoms with van der Waals surface area (Å²) in [6.45, 7) is 10.7. The third kappa shape index (κ3) is 8.48. The molecular formula is C11H27N3. The second kappa shape index (κ2) is 6.38. The first-order valence-electron chi connectivity index (χ1n) is 5.51. The minimum Gasteiger partial charge on any atom is -0.324 e. The van der Waals surface area contributed by atoms with Gasteiger partial charge in [-0.3, -0.25) is 0 Å². The average Bonchev–Trinajstić information content (AvgIpc) is 1.99. The lowest BCUT2D eigenvalue weighted by molar-refractivity contribution is 0.224. The Morgan fingerprint density at radius 3 is 2.07 bits per heavy atom. The molecule has 0 aromatic heterocycles. The molecule has 0 radical (unpaired) electrons. The van der Waals surface area contributed by atoms with Crippen molar-refractivity contribution in [1.29, 1.82) is 0 Å². The first-order chi connectivity index (χ1) is 6.35. The summed E-state index contributed by atoms with van der Waals surface area (Å²) < 4.78 is 0. The molecule has 0 spiro atoms. The second-order valence-corrected chi connectivity index (χ2v) is 5.01. The molecule has 0 heterocycles. The summed E-state index contributed by atoms with van der Waals surface area (Å²) in [5.41, 5.74) is 5.92. The zero-order chi connectivity index (χ0) is 11.2. The smallest absolute Gasteiger partial charge is 0.0226 e. The summed E-state index contributed by atoms with van der Waals surface area (Å²) in [5.74, 6) is 0.